The molecule has 0 saturated carbocycles. The third-order valence-corrected chi connectivity index (χ3v) is 6.26. The Kier molecular flexibility index (Phi) is 6.92. The molecule has 3 aliphatic rings. The van der Waals surface area contributed by atoms with Crippen molar-refractivity contribution in [1.29, 1.82) is 0 Å². The highest BCUT2D eigenvalue weighted by Gasteiger charge is 2.23. The van der Waals surface area contributed by atoms with Gasteiger partial charge in [-0.15, -0.1) is 0 Å². The van der Waals surface area contributed by atoms with Crippen LogP contribution in [0.1, 0.15) is 12.1 Å². The Morgan fingerprint density at radius 2 is 2.11 bits per heavy atom. The molecule has 1 fully saturated rings. The number of nitrogens with one attached hydrogen (secondary N) is 2. The van der Waals surface area contributed by atoms with Crippen LogP contribution < -0.4 is 21.4 Å². The molecule has 4 N–H and O–H groups in total. The number of benzene rings is 1. The molecule has 1 aromatic carbocycles. The van der Waals surface area contributed by atoms with Crippen molar-refractivity contribution in [3.8, 4) is 0 Å². The van der Waals surface area contributed by atoms with Crippen LogP contribution in [0.3, 0.4) is 0 Å². The normalized spacial score (nSPS) is 19.0. The van der Waals surface area contributed by atoms with Crippen LogP contribution >= 0.6 is 0 Å². The van der Waals surface area contributed by atoms with Gasteiger partial charge in [-0.1, -0.05) is 6.58 Å². The fraction of sp³-hybridized carbons (Fsp3) is 0.222. The lowest BCUT2D eigenvalue weighted by molar-refractivity contribution is -0.111. The predicted octanol–water partition coefficient (Wildman–Crippen LogP) is 3.30. The minimum absolute atomic E-state index is 0.178. The van der Waals surface area contributed by atoms with E-state index in [9.17, 15) is 4.79 Å². The van der Waals surface area contributed by atoms with Gasteiger partial charge in [0.25, 0.3) is 0 Å². The number of hydrogen-bond acceptors (Lipinski definition) is 8. The van der Waals surface area contributed by atoms with Gasteiger partial charge in [-0.25, -0.2) is 0 Å². The monoisotopic (exact) mass is 483 g/mol. The molecule has 36 heavy (non-hydrogen) atoms. The minimum Gasteiger partial charge on any atom is -0.377 e. The molecular formula is C27H29N7O2. The molecule has 9 nitrogen and oxygen atoms in total. The SMILES string of the molecule is C=CC(=O)Nc1ccnc(C2=CC3=CN=CCC3=CN2Nc2ccc(N3CCOC[C@@H]3CN)cc2)c1. The first-order valence-corrected chi connectivity index (χ1v) is 11.9. The summed E-state index contributed by atoms with van der Waals surface area (Å²) >= 11 is 0. The molecule has 0 bridgehead atoms. The Balaban J connectivity index is 1.41. The largest absolute Gasteiger partial charge is 0.377 e. The number of ether oxygens (including phenoxy) is 1. The smallest absolute Gasteiger partial charge is 0.247 e. The zero-order valence-electron chi connectivity index (χ0n) is 19.9. The lowest BCUT2D eigenvalue weighted by Gasteiger charge is -2.37. The van der Waals surface area contributed by atoms with Gasteiger partial charge >= 0.3 is 0 Å². The van der Waals surface area contributed by atoms with Gasteiger partial charge in [0.05, 0.1) is 36.3 Å². The quantitative estimate of drug-likeness (QED) is 0.519. The Bertz CT molecular complexity index is 1260. The summed E-state index contributed by atoms with van der Waals surface area (Å²) in [4.78, 5) is 23.0. The van der Waals surface area contributed by atoms with E-state index in [1.807, 2.05) is 29.6 Å². The topological polar surface area (TPSA) is 108 Å². The van der Waals surface area contributed by atoms with Gasteiger partial charge in [0.2, 0.25) is 5.91 Å². The molecule has 3 aliphatic heterocycles. The van der Waals surface area contributed by atoms with Gasteiger partial charge in [0.15, 0.2) is 0 Å². The van der Waals surface area contributed by atoms with Crippen molar-refractivity contribution >= 4 is 34.9 Å². The standard InChI is InChI=1S/C27H29N7O2/c1-2-27(35)31-22-8-10-30-25(14-22)26-13-20-16-29-9-7-19(20)17-34(26)32-21-3-5-23(6-4-21)33-11-12-36-18-24(33)15-28/h2-6,8-10,13-14,16-17,24,32H,1,7,11-12,15,18,28H2,(H,30,31,35)/t24-/m0/s1. The van der Waals surface area contributed by atoms with Crippen LogP contribution in [-0.2, 0) is 9.53 Å². The van der Waals surface area contributed by atoms with Gasteiger partial charge in [-0.3, -0.25) is 25.2 Å². The molecule has 0 radical (unpaired) electrons. The van der Waals surface area contributed by atoms with Gasteiger partial charge in [0.1, 0.15) is 0 Å². The first-order chi connectivity index (χ1) is 17.6. The number of hydrogen-bond donors (Lipinski definition) is 3. The average molecular weight is 484 g/mol. The van der Waals surface area contributed by atoms with E-state index < -0.39 is 0 Å². The fourth-order valence-electron chi connectivity index (χ4n) is 4.37. The number of carbonyl (C=O) groups excluding carboxylic acids is 1. The Morgan fingerprint density at radius 1 is 1.25 bits per heavy atom. The van der Waals surface area contributed by atoms with Gasteiger partial charge in [0, 0.05) is 61.3 Å². The van der Waals surface area contributed by atoms with Crippen LogP contribution in [0.15, 0.2) is 89.9 Å². The zero-order chi connectivity index (χ0) is 24.9. The second-order valence-corrected chi connectivity index (χ2v) is 8.61. The number of anilines is 3. The summed E-state index contributed by atoms with van der Waals surface area (Å²) in [7, 11) is 0. The van der Waals surface area contributed by atoms with Crippen LogP contribution in [0.5, 0.6) is 0 Å². The second kappa shape index (κ2) is 10.6. The van der Waals surface area contributed by atoms with Crippen LogP contribution in [0.4, 0.5) is 17.1 Å². The molecule has 0 aliphatic carbocycles. The number of fused-ring (bicyclic) bond motifs is 1. The number of hydrazine groups is 1. The maximum Gasteiger partial charge on any atom is 0.247 e. The number of rotatable bonds is 7. The summed E-state index contributed by atoms with van der Waals surface area (Å²) in [5, 5.41) is 4.76. The number of morpholine rings is 1. The van der Waals surface area contributed by atoms with Crippen molar-refractivity contribution in [2.75, 3.05) is 41.9 Å². The summed E-state index contributed by atoms with van der Waals surface area (Å²) in [5.74, 6) is -0.275. The minimum atomic E-state index is -0.275. The number of nitrogens with two attached hydrogens (primary N) is 1. The molecule has 9 heteroatoms. The number of allylic oxidation sites excluding steroid dienone is 3. The van der Waals surface area contributed by atoms with E-state index >= 15 is 0 Å². The Labute approximate surface area is 210 Å². The predicted molar refractivity (Wildman–Crippen MR) is 143 cm³/mol. The van der Waals surface area contributed by atoms with Crippen LogP contribution in [-0.4, -0.2) is 54.5 Å². The van der Waals surface area contributed by atoms with E-state index in [1.165, 1.54) is 6.08 Å². The van der Waals surface area contributed by atoms with Crippen molar-refractivity contribution in [2.45, 2.75) is 12.5 Å². The Hall–Kier alpha value is -4.21. The lowest BCUT2D eigenvalue weighted by Crippen LogP contribution is -2.49. The highest BCUT2D eigenvalue weighted by molar-refractivity contribution is 5.99. The summed E-state index contributed by atoms with van der Waals surface area (Å²) < 4.78 is 5.58. The van der Waals surface area contributed by atoms with Gasteiger partial charge in [-0.2, -0.15) is 0 Å². The van der Waals surface area contributed by atoms with Crippen LogP contribution in [0.25, 0.3) is 5.70 Å². The second-order valence-electron chi connectivity index (χ2n) is 8.61. The first kappa shape index (κ1) is 23.5. The molecule has 1 amide bonds. The van der Waals surface area contributed by atoms with E-state index in [4.69, 9.17) is 10.5 Å². The Morgan fingerprint density at radius 3 is 2.92 bits per heavy atom. The van der Waals surface area contributed by atoms with Crippen molar-refractivity contribution in [2.24, 2.45) is 10.7 Å². The highest BCUT2D eigenvalue weighted by Crippen LogP contribution is 2.33. The number of aliphatic imine (C=N–C) groups is 1. The number of pyridine rings is 1. The summed E-state index contributed by atoms with van der Waals surface area (Å²) in [6.45, 7) is 6.23. The molecule has 1 aromatic heterocycles. The molecule has 184 valence electrons. The zero-order valence-corrected chi connectivity index (χ0v) is 19.9. The lowest BCUT2D eigenvalue weighted by atomic mass is 9.98. The van der Waals surface area contributed by atoms with Crippen molar-refractivity contribution in [3.05, 3.63) is 90.6 Å². The molecular weight excluding hydrogens is 454 g/mol. The average Bonchev–Trinajstić information content (AvgIpc) is 2.93. The van der Waals surface area contributed by atoms with E-state index in [0.717, 1.165) is 41.2 Å². The van der Waals surface area contributed by atoms with Crippen molar-refractivity contribution in [1.82, 2.24) is 9.99 Å². The van der Waals surface area contributed by atoms with Crippen molar-refractivity contribution < 1.29 is 9.53 Å². The third kappa shape index (κ3) is 5.07. The summed E-state index contributed by atoms with van der Waals surface area (Å²) in [6, 6.07) is 12.1. The number of amides is 1. The fourth-order valence-corrected chi connectivity index (χ4v) is 4.37. The summed E-state index contributed by atoms with van der Waals surface area (Å²) in [6.07, 6.45) is 11.5. The van der Waals surface area contributed by atoms with Crippen LogP contribution in [0, 0.1) is 0 Å². The van der Waals surface area contributed by atoms with Gasteiger partial charge < -0.3 is 20.7 Å². The van der Waals surface area contributed by atoms with E-state index in [0.29, 0.717) is 31.1 Å². The molecule has 2 aromatic rings. The maximum atomic E-state index is 11.8. The molecule has 5 rings (SSSR count). The summed E-state index contributed by atoms with van der Waals surface area (Å²) in [5.41, 5.74) is 15.8. The molecule has 0 unspecified atom stereocenters. The van der Waals surface area contributed by atoms with E-state index in [-0.39, 0.29) is 11.9 Å². The van der Waals surface area contributed by atoms with E-state index in [1.54, 1.807) is 12.3 Å². The first-order valence-electron chi connectivity index (χ1n) is 11.9. The van der Waals surface area contributed by atoms with Crippen LogP contribution in [0.2, 0.25) is 0 Å². The molecule has 4 heterocycles. The van der Waals surface area contributed by atoms with Crippen molar-refractivity contribution in [3.63, 3.8) is 0 Å². The molecule has 1 saturated heterocycles. The molecule has 0 spiro atoms. The van der Waals surface area contributed by atoms with E-state index in [2.05, 4.69) is 62.7 Å². The molecule has 1 atom stereocenters. The van der Waals surface area contributed by atoms with Gasteiger partial charge in [-0.05, 0) is 54.1 Å². The number of aromatic nitrogens is 1. The number of nitrogens with zero attached hydrogens (tertiary/aromatic N) is 4. The number of carbonyl (C=O) groups is 1. The highest BCUT2D eigenvalue weighted by atomic mass is 16.5. The maximum absolute atomic E-state index is 11.8. The third-order valence-electron chi connectivity index (χ3n) is 6.26.